The molecule has 0 saturated carbocycles. The second-order valence-corrected chi connectivity index (χ2v) is 13.1. The Hall–Kier alpha value is -7.02. The standard InChI is InChI=1S/C48H29N3/c49-29-31-19-23-47-44(25-31)45-26-33(21-24-48(45)51(47)35-13-5-2-6-14-35)46-22-20-34(30-50-46)41-28-43-38-17-9-7-15-36(38)40(32-11-3-1-4-12-32)27-42(43)39-18-10-8-16-37(39)41/h1-28,30H. The Morgan fingerprint density at radius 1 is 0.412 bits per heavy atom. The lowest BCUT2D eigenvalue weighted by molar-refractivity contribution is 1.18. The number of hydrogen-bond acceptors (Lipinski definition) is 2. The highest BCUT2D eigenvalue weighted by atomic mass is 15.0. The van der Waals surface area contributed by atoms with Gasteiger partial charge in [-0.3, -0.25) is 4.98 Å². The van der Waals surface area contributed by atoms with Crippen LogP contribution in [0.4, 0.5) is 0 Å². The summed E-state index contributed by atoms with van der Waals surface area (Å²) in [6.45, 7) is 0. The van der Waals surface area contributed by atoms with E-state index in [9.17, 15) is 5.26 Å². The summed E-state index contributed by atoms with van der Waals surface area (Å²) in [5, 5.41) is 19.3. The molecule has 0 amide bonds. The second-order valence-electron chi connectivity index (χ2n) is 13.1. The summed E-state index contributed by atoms with van der Waals surface area (Å²) in [5.74, 6) is 0. The minimum absolute atomic E-state index is 0.647. The lowest BCUT2D eigenvalue weighted by Crippen LogP contribution is -1.93. The van der Waals surface area contributed by atoms with Gasteiger partial charge in [0.15, 0.2) is 0 Å². The van der Waals surface area contributed by atoms with Gasteiger partial charge in [0.25, 0.3) is 0 Å². The number of nitriles is 1. The van der Waals surface area contributed by atoms with E-state index in [-0.39, 0.29) is 0 Å². The molecule has 8 aromatic carbocycles. The lowest BCUT2D eigenvalue weighted by Gasteiger charge is -2.16. The zero-order valence-corrected chi connectivity index (χ0v) is 27.6. The molecule has 3 heteroatoms. The van der Waals surface area contributed by atoms with Crippen molar-refractivity contribution in [3.8, 4) is 45.3 Å². The monoisotopic (exact) mass is 647 g/mol. The Bertz CT molecular complexity index is 3000. The molecular formula is C48H29N3. The number of aromatic nitrogens is 2. The SMILES string of the molecule is N#Cc1ccc2c(c1)c1cc(-c3ccc(-c4cc5c6ccccc6c(-c6ccccc6)cc5c5ccccc45)cn3)ccc1n2-c1ccccc1. The van der Waals surface area contributed by atoms with Crippen LogP contribution in [0.15, 0.2) is 176 Å². The highest BCUT2D eigenvalue weighted by molar-refractivity contribution is 6.23. The van der Waals surface area contributed by atoms with Crippen molar-refractivity contribution in [3.05, 3.63) is 182 Å². The normalized spacial score (nSPS) is 11.5. The van der Waals surface area contributed by atoms with Gasteiger partial charge in [0.05, 0.1) is 28.4 Å². The van der Waals surface area contributed by atoms with Crippen molar-refractivity contribution >= 4 is 54.1 Å². The topological polar surface area (TPSA) is 41.6 Å². The Kier molecular flexibility index (Phi) is 6.56. The van der Waals surface area contributed by atoms with E-state index in [1.807, 2.05) is 30.5 Å². The summed E-state index contributed by atoms with van der Waals surface area (Å²) in [6.07, 6.45) is 2.01. The van der Waals surface area contributed by atoms with Crippen molar-refractivity contribution in [1.82, 2.24) is 9.55 Å². The molecule has 0 N–H and O–H groups in total. The van der Waals surface area contributed by atoms with Gasteiger partial charge < -0.3 is 4.57 Å². The first-order valence-corrected chi connectivity index (χ1v) is 17.2. The van der Waals surface area contributed by atoms with Crippen molar-refractivity contribution in [3.63, 3.8) is 0 Å². The van der Waals surface area contributed by atoms with Crippen LogP contribution in [0.2, 0.25) is 0 Å². The van der Waals surface area contributed by atoms with Gasteiger partial charge in [0.1, 0.15) is 0 Å². The summed E-state index contributed by atoms with van der Waals surface area (Å²) < 4.78 is 2.27. The summed E-state index contributed by atoms with van der Waals surface area (Å²) in [5.41, 5.74) is 10.5. The molecule has 2 heterocycles. The molecule has 2 aromatic heterocycles. The van der Waals surface area contributed by atoms with Crippen LogP contribution in [-0.4, -0.2) is 9.55 Å². The predicted octanol–water partition coefficient (Wildman–Crippen LogP) is 12.5. The maximum atomic E-state index is 9.71. The van der Waals surface area contributed by atoms with E-state index in [4.69, 9.17) is 4.98 Å². The van der Waals surface area contributed by atoms with E-state index in [0.717, 1.165) is 44.3 Å². The van der Waals surface area contributed by atoms with E-state index in [1.165, 1.54) is 49.0 Å². The first kappa shape index (κ1) is 28.9. The van der Waals surface area contributed by atoms with E-state index in [0.29, 0.717) is 5.56 Å². The molecule has 0 atom stereocenters. The Morgan fingerprint density at radius 3 is 1.59 bits per heavy atom. The minimum Gasteiger partial charge on any atom is -0.309 e. The summed E-state index contributed by atoms with van der Waals surface area (Å²) in [7, 11) is 0. The number of nitrogens with zero attached hydrogens (tertiary/aromatic N) is 3. The average molecular weight is 648 g/mol. The molecule has 0 aliphatic carbocycles. The molecule has 10 aromatic rings. The van der Waals surface area contributed by atoms with E-state index in [1.54, 1.807) is 0 Å². The van der Waals surface area contributed by atoms with E-state index < -0.39 is 0 Å². The molecule has 0 unspecified atom stereocenters. The molecule has 0 radical (unpaired) electrons. The fourth-order valence-electron chi connectivity index (χ4n) is 7.88. The van der Waals surface area contributed by atoms with Crippen LogP contribution in [0.25, 0.3) is 93.3 Å². The van der Waals surface area contributed by atoms with Gasteiger partial charge in [0, 0.05) is 33.8 Å². The highest BCUT2D eigenvalue weighted by Crippen LogP contribution is 2.42. The van der Waals surface area contributed by atoms with Crippen molar-refractivity contribution < 1.29 is 0 Å². The fraction of sp³-hybridized carbons (Fsp3) is 0. The zero-order chi connectivity index (χ0) is 33.9. The third-order valence-electron chi connectivity index (χ3n) is 10.2. The van der Waals surface area contributed by atoms with Gasteiger partial charge in [0.2, 0.25) is 0 Å². The van der Waals surface area contributed by atoms with Crippen LogP contribution < -0.4 is 0 Å². The van der Waals surface area contributed by atoms with Gasteiger partial charge in [-0.1, -0.05) is 109 Å². The number of rotatable bonds is 4. The van der Waals surface area contributed by atoms with Crippen LogP contribution in [0.1, 0.15) is 5.56 Å². The molecule has 3 nitrogen and oxygen atoms in total. The third-order valence-corrected chi connectivity index (χ3v) is 10.2. The second kappa shape index (κ2) is 11.6. The van der Waals surface area contributed by atoms with Gasteiger partial charge in [-0.15, -0.1) is 0 Å². The number of hydrogen-bond donors (Lipinski definition) is 0. The van der Waals surface area contributed by atoms with E-state index in [2.05, 4.69) is 156 Å². The van der Waals surface area contributed by atoms with Crippen LogP contribution in [0, 0.1) is 11.3 Å². The largest absolute Gasteiger partial charge is 0.309 e. The summed E-state index contributed by atoms with van der Waals surface area (Å²) in [6, 6.07) is 62.3. The predicted molar refractivity (Wildman–Crippen MR) is 212 cm³/mol. The van der Waals surface area contributed by atoms with Crippen LogP contribution >= 0.6 is 0 Å². The smallest absolute Gasteiger partial charge is 0.0991 e. The van der Waals surface area contributed by atoms with Gasteiger partial charge in [-0.25, -0.2) is 0 Å². The maximum Gasteiger partial charge on any atom is 0.0991 e. The Labute approximate surface area is 294 Å². The molecule has 10 rings (SSSR count). The zero-order valence-electron chi connectivity index (χ0n) is 27.6. The Balaban J connectivity index is 1.13. The van der Waals surface area contributed by atoms with Crippen LogP contribution in [-0.2, 0) is 0 Å². The quantitative estimate of drug-likeness (QED) is 0.178. The van der Waals surface area contributed by atoms with E-state index >= 15 is 0 Å². The Morgan fingerprint density at radius 2 is 0.961 bits per heavy atom. The maximum absolute atomic E-state index is 9.71. The molecular weight excluding hydrogens is 619 g/mol. The molecule has 0 saturated heterocycles. The molecule has 0 aliphatic rings. The number of para-hydroxylation sites is 1. The average Bonchev–Trinajstić information content (AvgIpc) is 3.54. The third kappa shape index (κ3) is 4.62. The lowest BCUT2D eigenvalue weighted by atomic mass is 9.88. The van der Waals surface area contributed by atoms with Crippen molar-refractivity contribution in [2.75, 3.05) is 0 Å². The van der Waals surface area contributed by atoms with Gasteiger partial charge in [-0.2, -0.15) is 5.26 Å². The highest BCUT2D eigenvalue weighted by Gasteiger charge is 2.17. The minimum atomic E-state index is 0.647. The van der Waals surface area contributed by atoms with Crippen molar-refractivity contribution in [2.24, 2.45) is 0 Å². The number of benzene rings is 8. The van der Waals surface area contributed by atoms with Crippen molar-refractivity contribution in [2.45, 2.75) is 0 Å². The molecule has 0 spiro atoms. The molecule has 0 bridgehead atoms. The first-order chi connectivity index (χ1) is 25.2. The molecule has 0 aliphatic heterocycles. The van der Waals surface area contributed by atoms with Gasteiger partial charge in [-0.05, 0) is 110 Å². The molecule has 51 heavy (non-hydrogen) atoms. The molecule has 0 fully saturated rings. The van der Waals surface area contributed by atoms with Gasteiger partial charge >= 0.3 is 0 Å². The summed E-state index contributed by atoms with van der Waals surface area (Å²) in [4.78, 5) is 5.05. The van der Waals surface area contributed by atoms with Crippen molar-refractivity contribution in [1.29, 1.82) is 5.26 Å². The first-order valence-electron chi connectivity index (χ1n) is 17.2. The fourth-order valence-corrected chi connectivity index (χ4v) is 7.88. The molecule has 236 valence electrons. The number of fused-ring (bicyclic) bond motifs is 8. The van der Waals surface area contributed by atoms with Crippen LogP contribution in [0.5, 0.6) is 0 Å². The van der Waals surface area contributed by atoms with Crippen LogP contribution in [0.3, 0.4) is 0 Å². The number of pyridine rings is 1. The summed E-state index contributed by atoms with van der Waals surface area (Å²) >= 11 is 0.